The molecule has 0 atom stereocenters. The van der Waals surface area contributed by atoms with Crippen molar-refractivity contribution in [2.24, 2.45) is 4.99 Å². The highest BCUT2D eigenvalue weighted by Crippen LogP contribution is 2.26. The van der Waals surface area contributed by atoms with Crippen LogP contribution in [0.1, 0.15) is 21.5 Å². The van der Waals surface area contributed by atoms with Crippen LogP contribution in [0.4, 0.5) is 5.69 Å². The minimum Gasteiger partial charge on any atom is -0.506 e. The van der Waals surface area contributed by atoms with E-state index in [9.17, 15) is 9.90 Å². The molecule has 5 heteroatoms. The molecule has 0 aromatic heterocycles. The molecule has 3 aromatic rings. The normalized spacial score (nSPS) is 10.8. The van der Waals surface area contributed by atoms with Crippen molar-refractivity contribution in [3.05, 3.63) is 87.9 Å². The summed E-state index contributed by atoms with van der Waals surface area (Å²) in [5.41, 5.74) is 2.77. The molecular formula is C21H16BrNO3. The van der Waals surface area contributed by atoms with E-state index in [1.807, 2.05) is 19.1 Å². The van der Waals surface area contributed by atoms with Crippen LogP contribution in [0.5, 0.6) is 11.5 Å². The van der Waals surface area contributed by atoms with Gasteiger partial charge < -0.3 is 9.84 Å². The Labute approximate surface area is 159 Å². The lowest BCUT2D eigenvalue weighted by Crippen LogP contribution is -2.08. The Morgan fingerprint density at radius 2 is 1.85 bits per heavy atom. The Morgan fingerprint density at radius 3 is 2.58 bits per heavy atom. The Balaban J connectivity index is 1.71. The molecule has 3 aromatic carbocycles. The van der Waals surface area contributed by atoms with Crippen molar-refractivity contribution in [2.75, 3.05) is 0 Å². The number of rotatable bonds is 4. The maximum absolute atomic E-state index is 12.2. The average Bonchev–Trinajstić information content (AvgIpc) is 2.63. The van der Waals surface area contributed by atoms with E-state index in [2.05, 4.69) is 20.9 Å². The van der Waals surface area contributed by atoms with Gasteiger partial charge in [0.1, 0.15) is 17.2 Å². The summed E-state index contributed by atoms with van der Waals surface area (Å²) in [6.45, 7) is 1.93. The van der Waals surface area contributed by atoms with Gasteiger partial charge in [-0.05, 0) is 60.5 Å². The van der Waals surface area contributed by atoms with E-state index in [1.54, 1.807) is 60.8 Å². The Bertz CT molecular complexity index is 965. The van der Waals surface area contributed by atoms with Crippen molar-refractivity contribution < 1.29 is 14.6 Å². The quantitative estimate of drug-likeness (QED) is 0.354. The molecule has 0 saturated heterocycles. The molecule has 130 valence electrons. The number of aryl methyl sites for hydroxylation is 1. The first kappa shape index (κ1) is 17.9. The number of esters is 1. The van der Waals surface area contributed by atoms with Crippen LogP contribution in [-0.4, -0.2) is 17.3 Å². The van der Waals surface area contributed by atoms with Crippen LogP contribution < -0.4 is 4.74 Å². The molecule has 0 aliphatic rings. The third kappa shape index (κ3) is 4.58. The second-order valence-electron chi connectivity index (χ2n) is 5.72. The molecule has 0 radical (unpaired) electrons. The molecule has 4 nitrogen and oxygen atoms in total. The fourth-order valence-electron chi connectivity index (χ4n) is 2.28. The van der Waals surface area contributed by atoms with Crippen LogP contribution in [-0.2, 0) is 0 Å². The van der Waals surface area contributed by atoms with E-state index < -0.39 is 5.97 Å². The van der Waals surface area contributed by atoms with Crippen molar-refractivity contribution >= 4 is 33.8 Å². The van der Waals surface area contributed by atoms with Gasteiger partial charge in [-0.3, -0.25) is 4.99 Å². The molecular weight excluding hydrogens is 394 g/mol. The first-order chi connectivity index (χ1) is 12.5. The second-order valence-corrected chi connectivity index (χ2v) is 6.63. The van der Waals surface area contributed by atoms with Gasteiger partial charge in [0.05, 0.1) is 5.56 Å². The highest BCUT2D eigenvalue weighted by Gasteiger charge is 2.08. The van der Waals surface area contributed by atoms with E-state index in [4.69, 9.17) is 4.74 Å². The Kier molecular flexibility index (Phi) is 5.49. The summed E-state index contributed by atoms with van der Waals surface area (Å²) in [5.74, 6) is 0.175. The molecule has 1 N–H and O–H groups in total. The van der Waals surface area contributed by atoms with E-state index in [0.29, 0.717) is 17.0 Å². The summed E-state index contributed by atoms with van der Waals surface area (Å²) in [7, 11) is 0. The molecule has 0 aliphatic carbocycles. The lowest BCUT2D eigenvalue weighted by molar-refractivity contribution is 0.0734. The number of carbonyl (C=O) groups excluding carboxylic acids is 1. The predicted octanol–water partition coefficient (Wildman–Crippen LogP) is 5.43. The number of halogens is 1. The SMILES string of the molecule is Cc1ccc(O)c(N=Cc2ccc(C(=O)Oc3cccc(Br)c3)cc2)c1. The lowest BCUT2D eigenvalue weighted by atomic mass is 10.1. The fraction of sp³-hybridized carbons (Fsp3) is 0.0476. The number of aromatic hydroxyl groups is 1. The number of benzene rings is 3. The molecule has 0 fully saturated rings. The lowest BCUT2D eigenvalue weighted by Gasteiger charge is -2.05. The zero-order valence-corrected chi connectivity index (χ0v) is 15.6. The number of carbonyl (C=O) groups is 1. The highest BCUT2D eigenvalue weighted by molar-refractivity contribution is 9.10. The van der Waals surface area contributed by atoms with Crippen LogP contribution in [0.2, 0.25) is 0 Å². The molecule has 0 amide bonds. The predicted molar refractivity (Wildman–Crippen MR) is 106 cm³/mol. The minimum absolute atomic E-state index is 0.126. The van der Waals surface area contributed by atoms with Gasteiger partial charge in [0, 0.05) is 10.7 Å². The van der Waals surface area contributed by atoms with Crippen molar-refractivity contribution in [3.63, 3.8) is 0 Å². The van der Waals surface area contributed by atoms with Gasteiger partial charge in [0.25, 0.3) is 0 Å². The molecule has 0 bridgehead atoms. The summed E-state index contributed by atoms with van der Waals surface area (Å²) < 4.78 is 6.19. The molecule has 0 saturated carbocycles. The molecule has 3 rings (SSSR count). The molecule has 0 unspecified atom stereocenters. The number of hydrogen-bond donors (Lipinski definition) is 1. The third-order valence-electron chi connectivity index (χ3n) is 3.64. The minimum atomic E-state index is -0.428. The number of phenolic OH excluding ortho intramolecular Hbond substituents is 1. The van der Waals surface area contributed by atoms with Gasteiger partial charge in [0.15, 0.2) is 0 Å². The number of phenols is 1. The van der Waals surface area contributed by atoms with Crippen molar-refractivity contribution in [2.45, 2.75) is 6.92 Å². The molecule has 0 spiro atoms. The molecule has 0 aliphatic heterocycles. The Morgan fingerprint density at radius 1 is 1.08 bits per heavy atom. The second kappa shape index (κ2) is 7.97. The number of hydrogen-bond acceptors (Lipinski definition) is 4. The first-order valence-electron chi connectivity index (χ1n) is 7.93. The van der Waals surface area contributed by atoms with Crippen molar-refractivity contribution in [3.8, 4) is 11.5 Å². The highest BCUT2D eigenvalue weighted by atomic mass is 79.9. The number of ether oxygens (including phenoxy) is 1. The monoisotopic (exact) mass is 409 g/mol. The molecule has 0 heterocycles. The number of nitrogens with zero attached hydrogens (tertiary/aromatic N) is 1. The van der Waals surface area contributed by atoms with Crippen molar-refractivity contribution in [1.29, 1.82) is 0 Å². The van der Waals surface area contributed by atoms with Gasteiger partial charge in [0.2, 0.25) is 0 Å². The van der Waals surface area contributed by atoms with Crippen LogP contribution in [0.3, 0.4) is 0 Å². The van der Waals surface area contributed by atoms with Crippen LogP contribution in [0.25, 0.3) is 0 Å². The van der Waals surface area contributed by atoms with Crippen LogP contribution in [0.15, 0.2) is 76.2 Å². The van der Waals surface area contributed by atoms with Gasteiger partial charge in [-0.2, -0.15) is 0 Å². The maximum Gasteiger partial charge on any atom is 0.343 e. The maximum atomic E-state index is 12.2. The first-order valence-corrected chi connectivity index (χ1v) is 8.72. The van der Waals surface area contributed by atoms with Gasteiger partial charge in [-0.1, -0.05) is 40.2 Å². The average molecular weight is 410 g/mol. The summed E-state index contributed by atoms with van der Waals surface area (Å²) in [4.78, 5) is 16.5. The van der Waals surface area contributed by atoms with Crippen molar-refractivity contribution in [1.82, 2.24) is 0 Å². The largest absolute Gasteiger partial charge is 0.506 e. The summed E-state index contributed by atoms with van der Waals surface area (Å²) in [5, 5.41) is 9.81. The summed E-state index contributed by atoms with van der Waals surface area (Å²) in [6.07, 6.45) is 1.64. The van der Waals surface area contributed by atoms with E-state index in [-0.39, 0.29) is 5.75 Å². The smallest absolute Gasteiger partial charge is 0.343 e. The molecule has 26 heavy (non-hydrogen) atoms. The standard InChI is InChI=1S/C21H16BrNO3/c1-14-5-10-20(24)19(11-14)23-13-15-6-8-16(9-7-15)21(25)26-18-4-2-3-17(22)12-18/h2-13,24H,1H3. The van der Waals surface area contributed by atoms with E-state index in [0.717, 1.165) is 15.6 Å². The Hall–Kier alpha value is -2.92. The van der Waals surface area contributed by atoms with Crippen LogP contribution in [0, 0.1) is 6.92 Å². The van der Waals surface area contributed by atoms with Gasteiger partial charge >= 0.3 is 5.97 Å². The van der Waals surface area contributed by atoms with Gasteiger partial charge in [-0.15, -0.1) is 0 Å². The number of aliphatic imine (C=N–C) groups is 1. The van der Waals surface area contributed by atoms with Crippen LogP contribution >= 0.6 is 15.9 Å². The third-order valence-corrected chi connectivity index (χ3v) is 4.13. The zero-order chi connectivity index (χ0) is 18.5. The topological polar surface area (TPSA) is 58.9 Å². The fourth-order valence-corrected chi connectivity index (χ4v) is 2.66. The van der Waals surface area contributed by atoms with Gasteiger partial charge in [-0.25, -0.2) is 4.79 Å². The van der Waals surface area contributed by atoms with E-state index >= 15 is 0 Å². The van der Waals surface area contributed by atoms with E-state index in [1.165, 1.54) is 0 Å². The summed E-state index contributed by atoms with van der Waals surface area (Å²) >= 11 is 3.34. The zero-order valence-electron chi connectivity index (χ0n) is 14.0. The summed E-state index contributed by atoms with van der Waals surface area (Å²) in [6, 6.07) is 19.2.